The highest BCUT2D eigenvalue weighted by Gasteiger charge is 2.44. The highest BCUT2D eigenvalue weighted by Crippen LogP contribution is 2.39. The number of methoxy groups -OCH3 is 1. The van der Waals surface area contributed by atoms with Gasteiger partial charge in [0.2, 0.25) is 0 Å². The third kappa shape index (κ3) is 4.52. The van der Waals surface area contributed by atoms with E-state index in [1.165, 1.54) is 13.2 Å². The van der Waals surface area contributed by atoms with Crippen molar-refractivity contribution in [3.8, 4) is 11.3 Å². The Labute approximate surface area is 205 Å². The first-order valence-corrected chi connectivity index (χ1v) is 11.6. The molecule has 194 valence electrons. The lowest BCUT2D eigenvalue weighted by Crippen LogP contribution is -2.51. The van der Waals surface area contributed by atoms with Gasteiger partial charge in [-0.2, -0.15) is 22.8 Å². The second-order valence-corrected chi connectivity index (χ2v) is 9.62. The number of nitrogens with zero attached hydrogens (tertiary/aromatic N) is 4. The summed E-state index contributed by atoms with van der Waals surface area (Å²) in [6.07, 6.45) is -3.60. The van der Waals surface area contributed by atoms with Crippen LogP contribution in [0.2, 0.25) is 0 Å². The molecular weight excluding hydrogens is 480 g/mol. The van der Waals surface area contributed by atoms with Gasteiger partial charge in [-0.3, -0.25) is 4.79 Å². The first-order valence-electron chi connectivity index (χ1n) is 11.6. The van der Waals surface area contributed by atoms with E-state index in [1.807, 2.05) is 25.7 Å². The fraction of sp³-hybridized carbons (Fsp3) is 0.480. The molecule has 1 aromatic carbocycles. The Balaban J connectivity index is 1.88. The molecule has 1 unspecified atom stereocenters. The predicted octanol–water partition coefficient (Wildman–Crippen LogP) is 5.30. The van der Waals surface area contributed by atoms with Crippen LogP contribution in [-0.2, 0) is 15.7 Å². The van der Waals surface area contributed by atoms with Crippen LogP contribution in [0.4, 0.5) is 23.4 Å². The van der Waals surface area contributed by atoms with Crippen molar-refractivity contribution in [2.24, 2.45) is 5.41 Å². The van der Waals surface area contributed by atoms with E-state index in [9.17, 15) is 27.5 Å². The molecule has 0 saturated carbocycles. The fourth-order valence-electron chi connectivity index (χ4n) is 5.07. The van der Waals surface area contributed by atoms with Crippen LogP contribution in [0.3, 0.4) is 0 Å². The number of hydrogen-bond donors (Lipinski definition) is 1. The van der Waals surface area contributed by atoms with E-state index in [2.05, 4.69) is 10.1 Å². The average Bonchev–Trinajstić information content (AvgIpc) is 3.20. The van der Waals surface area contributed by atoms with E-state index >= 15 is 0 Å². The minimum atomic E-state index is -4.66. The molecule has 1 aliphatic rings. The molecule has 7 nitrogen and oxygen atoms in total. The lowest BCUT2D eigenvalue weighted by Gasteiger charge is -2.41. The number of fused-ring (bicyclic) bond motifs is 1. The molecule has 3 aromatic rings. The minimum Gasteiger partial charge on any atom is -0.481 e. The maximum Gasteiger partial charge on any atom is 0.416 e. The Morgan fingerprint density at radius 2 is 2.00 bits per heavy atom. The summed E-state index contributed by atoms with van der Waals surface area (Å²) < 4.78 is 60.6. The standard InChI is InChI=1S/C25H28F4N4O3/c1-14(2)21-15(3)30-20-11-19(17-7-6-16(10-18(17)26)25(27,28)29)31-33(20)22(21)32-9-5-8-24(12-32,13-36-4)23(34)35/h6-7,10-11,14H,5,8-9,12-13H2,1-4H3,(H,34,35). The molecule has 0 aliphatic carbocycles. The molecule has 1 fully saturated rings. The molecule has 0 bridgehead atoms. The van der Waals surface area contributed by atoms with Crippen LogP contribution >= 0.6 is 0 Å². The summed E-state index contributed by atoms with van der Waals surface area (Å²) in [6, 6.07) is 3.85. The summed E-state index contributed by atoms with van der Waals surface area (Å²) >= 11 is 0. The van der Waals surface area contributed by atoms with Gasteiger partial charge in [0.1, 0.15) is 17.1 Å². The van der Waals surface area contributed by atoms with Gasteiger partial charge in [-0.05, 0) is 43.9 Å². The van der Waals surface area contributed by atoms with Gasteiger partial charge >= 0.3 is 12.1 Å². The number of rotatable bonds is 6. The molecule has 1 aliphatic heterocycles. The number of aryl methyl sites for hydroxylation is 1. The maximum absolute atomic E-state index is 14.8. The molecule has 3 heterocycles. The molecule has 1 saturated heterocycles. The second-order valence-electron chi connectivity index (χ2n) is 9.62. The van der Waals surface area contributed by atoms with Crippen LogP contribution in [0.5, 0.6) is 0 Å². The predicted molar refractivity (Wildman–Crippen MR) is 126 cm³/mol. The van der Waals surface area contributed by atoms with Gasteiger partial charge in [-0.25, -0.2) is 9.37 Å². The van der Waals surface area contributed by atoms with Crippen LogP contribution in [0.1, 0.15) is 49.4 Å². The highest BCUT2D eigenvalue weighted by molar-refractivity contribution is 5.77. The van der Waals surface area contributed by atoms with E-state index in [1.54, 1.807) is 4.52 Å². The Morgan fingerprint density at radius 1 is 1.28 bits per heavy atom. The van der Waals surface area contributed by atoms with Crippen molar-refractivity contribution in [1.29, 1.82) is 0 Å². The summed E-state index contributed by atoms with van der Waals surface area (Å²) in [6.45, 7) is 6.61. The van der Waals surface area contributed by atoms with Crippen LogP contribution < -0.4 is 4.90 Å². The van der Waals surface area contributed by atoms with Crippen molar-refractivity contribution in [2.45, 2.75) is 45.7 Å². The largest absolute Gasteiger partial charge is 0.481 e. The smallest absolute Gasteiger partial charge is 0.416 e. The molecule has 1 atom stereocenters. The average molecular weight is 509 g/mol. The Kier molecular flexibility index (Phi) is 6.72. The number of carboxylic acids is 1. The van der Waals surface area contributed by atoms with Gasteiger partial charge in [0, 0.05) is 43.1 Å². The molecule has 0 spiro atoms. The zero-order valence-electron chi connectivity index (χ0n) is 20.5. The number of anilines is 1. The van der Waals surface area contributed by atoms with Crippen molar-refractivity contribution in [2.75, 3.05) is 31.7 Å². The van der Waals surface area contributed by atoms with Gasteiger partial charge < -0.3 is 14.7 Å². The number of alkyl halides is 3. The van der Waals surface area contributed by atoms with Gasteiger partial charge in [0.15, 0.2) is 5.65 Å². The first kappa shape index (κ1) is 25.9. The maximum atomic E-state index is 14.8. The third-order valence-corrected chi connectivity index (χ3v) is 6.70. The Hall–Kier alpha value is -3.21. The van der Waals surface area contributed by atoms with Crippen molar-refractivity contribution in [3.05, 3.63) is 46.9 Å². The summed E-state index contributed by atoms with van der Waals surface area (Å²) in [5.74, 6) is -1.34. The third-order valence-electron chi connectivity index (χ3n) is 6.70. The number of carboxylic acid groups (broad SMARTS) is 1. The van der Waals surface area contributed by atoms with Crippen LogP contribution in [0.15, 0.2) is 24.3 Å². The minimum absolute atomic E-state index is 0.0101. The topological polar surface area (TPSA) is 80.0 Å². The van der Waals surface area contributed by atoms with Crippen LogP contribution in [-0.4, -0.2) is 52.5 Å². The number of hydrogen-bond acceptors (Lipinski definition) is 5. The molecule has 36 heavy (non-hydrogen) atoms. The van der Waals surface area contributed by atoms with E-state index < -0.39 is 28.9 Å². The van der Waals surface area contributed by atoms with E-state index in [0.717, 1.165) is 17.7 Å². The van der Waals surface area contributed by atoms with Crippen molar-refractivity contribution < 1.29 is 32.2 Å². The summed E-state index contributed by atoms with van der Waals surface area (Å²) in [7, 11) is 1.47. The molecule has 1 N–H and O–H groups in total. The summed E-state index contributed by atoms with van der Waals surface area (Å²) in [5.41, 5.74) is -0.177. The Morgan fingerprint density at radius 3 is 2.58 bits per heavy atom. The number of carbonyl (C=O) groups is 1. The second kappa shape index (κ2) is 9.34. The molecule has 2 aromatic heterocycles. The number of aromatic nitrogens is 3. The SMILES string of the molecule is COCC1(C(=O)O)CCCN(c2c(C(C)C)c(C)nc3cc(-c4ccc(C(F)(F)F)cc4F)nn23)C1. The lowest BCUT2D eigenvalue weighted by molar-refractivity contribution is -0.153. The number of piperidine rings is 1. The van der Waals surface area contributed by atoms with Crippen molar-refractivity contribution in [1.82, 2.24) is 14.6 Å². The number of aliphatic carboxylic acids is 1. The molecular formula is C25H28F4N4O3. The van der Waals surface area contributed by atoms with Gasteiger partial charge in [-0.1, -0.05) is 13.8 Å². The van der Waals surface area contributed by atoms with Crippen LogP contribution in [0.25, 0.3) is 16.9 Å². The summed E-state index contributed by atoms with van der Waals surface area (Å²) in [5, 5.41) is 14.6. The first-order chi connectivity index (χ1) is 16.9. The van der Waals surface area contributed by atoms with Gasteiger partial charge in [0.25, 0.3) is 0 Å². The van der Waals surface area contributed by atoms with E-state index in [4.69, 9.17) is 4.74 Å². The van der Waals surface area contributed by atoms with Gasteiger partial charge in [0.05, 0.1) is 17.9 Å². The number of ether oxygens (including phenoxy) is 1. The van der Waals surface area contributed by atoms with E-state index in [0.29, 0.717) is 42.6 Å². The lowest BCUT2D eigenvalue weighted by atomic mass is 9.80. The Bertz CT molecular complexity index is 1300. The van der Waals surface area contributed by atoms with Gasteiger partial charge in [-0.15, -0.1) is 0 Å². The number of benzene rings is 1. The van der Waals surface area contributed by atoms with Crippen molar-refractivity contribution in [3.63, 3.8) is 0 Å². The molecule has 0 amide bonds. The zero-order valence-corrected chi connectivity index (χ0v) is 20.5. The normalized spacial score (nSPS) is 18.9. The summed E-state index contributed by atoms with van der Waals surface area (Å²) in [4.78, 5) is 18.8. The zero-order chi connectivity index (χ0) is 26.4. The quantitative estimate of drug-likeness (QED) is 0.455. The van der Waals surface area contributed by atoms with E-state index in [-0.39, 0.29) is 30.3 Å². The molecule has 0 radical (unpaired) electrons. The van der Waals surface area contributed by atoms with Crippen molar-refractivity contribution >= 4 is 17.4 Å². The highest BCUT2D eigenvalue weighted by atomic mass is 19.4. The monoisotopic (exact) mass is 508 g/mol. The molecule has 11 heteroatoms. The molecule has 4 rings (SSSR count). The van der Waals surface area contributed by atoms with Crippen LogP contribution in [0, 0.1) is 18.2 Å². The number of halogens is 4. The fourth-order valence-corrected chi connectivity index (χ4v) is 5.07.